The van der Waals surface area contributed by atoms with E-state index in [0.29, 0.717) is 0 Å². The first-order chi connectivity index (χ1) is 8.70. The monoisotopic (exact) mass is 285 g/mol. The van der Waals surface area contributed by atoms with E-state index in [-0.39, 0.29) is 18.3 Å². The van der Waals surface area contributed by atoms with Crippen LogP contribution in [0.2, 0.25) is 0 Å². The van der Waals surface area contributed by atoms with E-state index in [2.05, 4.69) is 0 Å². The molecule has 0 aliphatic heterocycles. The third kappa shape index (κ3) is 4.03. The van der Waals surface area contributed by atoms with Crippen molar-refractivity contribution in [3.05, 3.63) is 35.9 Å². The molecule has 0 spiro atoms. The predicted octanol–water partition coefficient (Wildman–Crippen LogP) is 1.82. The van der Waals surface area contributed by atoms with E-state index in [0.717, 1.165) is 5.56 Å². The molecule has 1 aromatic rings. The highest BCUT2D eigenvalue weighted by atomic mass is 32.2. The van der Waals surface area contributed by atoms with Gasteiger partial charge in [0.2, 0.25) is 10.0 Å². The van der Waals surface area contributed by atoms with Gasteiger partial charge in [-0.1, -0.05) is 37.3 Å². The van der Waals surface area contributed by atoms with Crippen LogP contribution in [0.25, 0.3) is 0 Å². The van der Waals surface area contributed by atoms with E-state index in [1.54, 1.807) is 13.8 Å². The van der Waals surface area contributed by atoms with E-state index in [9.17, 15) is 13.5 Å². The lowest BCUT2D eigenvalue weighted by Gasteiger charge is -2.33. The fourth-order valence-electron chi connectivity index (χ4n) is 1.78. The predicted molar refractivity (Wildman–Crippen MR) is 77.6 cm³/mol. The van der Waals surface area contributed by atoms with Crippen molar-refractivity contribution in [3.8, 4) is 0 Å². The number of likely N-dealkylation sites (N-methyl/N-ethyl adjacent to an activating group) is 1. The minimum atomic E-state index is -3.40. The van der Waals surface area contributed by atoms with Crippen LogP contribution in [-0.2, 0) is 10.0 Å². The molecule has 0 fully saturated rings. The van der Waals surface area contributed by atoms with Crippen LogP contribution in [0.1, 0.15) is 32.3 Å². The van der Waals surface area contributed by atoms with Crippen molar-refractivity contribution in [3.63, 3.8) is 0 Å². The average molecular weight is 285 g/mol. The lowest BCUT2D eigenvalue weighted by atomic mass is 10.0. The quantitative estimate of drug-likeness (QED) is 0.867. The van der Waals surface area contributed by atoms with E-state index in [1.807, 2.05) is 37.3 Å². The molecule has 0 heterocycles. The molecule has 0 aliphatic rings. The smallest absolute Gasteiger partial charge is 0.215 e. The molecule has 1 N–H and O–H groups in total. The molecule has 1 aromatic carbocycles. The summed E-state index contributed by atoms with van der Waals surface area (Å²) in [5, 5.41) is 9.27. The minimum Gasteiger partial charge on any atom is -0.394 e. The summed E-state index contributed by atoms with van der Waals surface area (Å²) in [4.78, 5) is 0. The summed E-state index contributed by atoms with van der Waals surface area (Å²) in [6.45, 7) is 5.10. The first-order valence-corrected chi connectivity index (χ1v) is 7.94. The van der Waals surface area contributed by atoms with Crippen molar-refractivity contribution >= 4 is 10.0 Å². The van der Waals surface area contributed by atoms with E-state index in [1.165, 1.54) is 11.4 Å². The summed E-state index contributed by atoms with van der Waals surface area (Å²) in [5.41, 5.74) is 0.219. The number of hydrogen-bond acceptors (Lipinski definition) is 3. The fraction of sp³-hybridized carbons (Fsp3) is 0.571. The zero-order valence-corrected chi connectivity index (χ0v) is 12.8. The Morgan fingerprint density at radius 1 is 1.26 bits per heavy atom. The summed E-state index contributed by atoms with van der Waals surface area (Å²) in [7, 11) is -1.89. The number of rotatable bonds is 6. The minimum absolute atomic E-state index is 0.0386. The van der Waals surface area contributed by atoms with Gasteiger partial charge in [0.25, 0.3) is 0 Å². The van der Waals surface area contributed by atoms with Crippen molar-refractivity contribution in [2.45, 2.75) is 32.2 Å². The Hall–Kier alpha value is -0.910. The standard InChI is InChI=1S/C14H23NO3S/c1-12(13-8-6-5-7-9-13)10-19(17,18)15(4)14(2,3)11-16/h5-9,12,16H,10-11H2,1-4H3. The highest BCUT2D eigenvalue weighted by molar-refractivity contribution is 7.89. The van der Waals surface area contributed by atoms with Gasteiger partial charge >= 0.3 is 0 Å². The summed E-state index contributed by atoms with van der Waals surface area (Å²) >= 11 is 0. The normalized spacial score (nSPS) is 14.6. The SMILES string of the molecule is CC(CS(=O)(=O)N(C)C(C)(C)CO)c1ccccc1. The van der Waals surface area contributed by atoms with Gasteiger partial charge in [0.15, 0.2) is 0 Å². The molecule has 1 atom stereocenters. The van der Waals surface area contributed by atoms with E-state index < -0.39 is 15.6 Å². The van der Waals surface area contributed by atoms with Crippen LogP contribution >= 0.6 is 0 Å². The second kappa shape index (κ2) is 6.03. The first-order valence-electron chi connectivity index (χ1n) is 6.33. The molecule has 0 aromatic heterocycles. The Labute approximate surface area is 116 Å². The number of aliphatic hydroxyl groups is 1. The molecular formula is C14H23NO3S. The maximum Gasteiger partial charge on any atom is 0.215 e. The van der Waals surface area contributed by atoms with Crippen LogP contribution in [0, 0.1) is 0 Å². The van der Waals surface area contributed by atoms with Crippen molar-refractivity contribution in [2.75, 3.05) is 19.4 Å². The lowest BCUT2D eigenvalue weighted by molar-refractivity contribution is 0.138. The van der Waals surface area contributed by atoms with Gasteiger partial charge in [0.05, 0.1) is 17.9 Å². The van der Waals surface area contributed by atoms with Gasteiger partial charge in [-0.05, 0) is 25.3 Å². The van der Waals surface area contributed by atoms with Gasteiger partial charge in [0, 0.05) is 7.05 Å². The second-order valence-electron chi connectivity index (χ2n) is 5.53. The van der Waals surface area contributed by atoms with E-state index >= 15 is 0 Å². The molecule has 1 unspecified atom stereocenters. The van der Waals surface area contributed by atoms with Crippen molar-refractivity contribution in [1.82, 2.24) is 4.31 Å². The van der Waals surface area contributed by atoms with Gasteiger partial charge in [-0.3, -0.25) is 0 Å². The molecule has 19 heavy (non-hydrogen) atoms. The first kappa shape index (κ1) is 16.1. The molecule has 5 heteroatoms. The molecule has 0 amide bonds. The van der Waals surface area contributed by atoms with Gasteiger partial charge < -0.3 is 5.11 Å². The van der Waals surface area contributed by atoms with Crippen LogP contribution < -0.4 is 0 Å². The highest BCUT2D eigenvalue weighted by Gasteiger charge is 2.33. The number of nitrogens with zero attached hydrogens (tertiary/aromatic N) is 1. The molecule has 0 aliphatic carbocycles. The molecule has 0 bridgehead atoms. The molecular weight excluding hydrogens is 262 g/mol. The third-order valence-electron chi connectivity index (χ3n) is 3.49. The maximum absolute atomic E-state index is 12.3. The van der Waals surface area contributed by atoms with Crippen molar-refractivity contribution in [1.29, 1.82) is 0 Å². The van der Waals surface area contributed by atoms with Crippen LogP contribution in [0.15, 0.2) is 30.3 Å². The zero-order valence-electron chi connectivity index (χ0n) is 12.0. The van der Waals surface area contributed by atoms with Gasteiger partial charge in [-0.25, -0.2) is 8.42 Å². The van der Waals surface area contributed by atoms with Crippen LogP contribution in [0.3, 0.4) is 0 Å². The topological polar surface area (TPSA) is 57.6 Å². The van der Waals surface area contributed by atoms with E-state index in [4.69, 9.17) is 0 Å². The number of benzene rings is 1. The molecule has 4 nitrogen and oxygen atoms in total. The lowest BCUT2D eigenvalue weighted by Crippen LogP contribution is -2.48. The van der Waals surface area contributed by atoms with Crippen LogP contribution in [0.4, 0.5) is 0 Å². The molecule has 0 radical (unpaired) electrons. The Bertz CT molecular complexity index is 497. The zero-order chi connectivity index (χ0) is 14.7. The number of hydrogen-bond donors (Lipinski definition) is 1. The third-order valence-corrected chi connectivity index (χ3v) is 5.74. The molecule has 0 saturated carbocycles. The Morgan fingerprint density at radius 3 is 2.26 bits per heavy atom. The maximum atomic E-state index is 12.3. The highest BCUT2D eigenvalue weighted by Crippen LogP contribution is 2.22. The molecule has 1 rings (SSSR count). The van der Waals surface area contributed by atoms with Crippen LogP contribution in [0.5, 0.6) is 0 Å². The Balaban J connectivity index is 2.86. The second-order valence-corrected chi connectivity index (χ2v) is 7.57. The molecule has 0 saturated heterocycles. The van der Waals surface area contributed by atoms with Gasteiger partial charge in [-0.2, -0.15) is 4.31 Å². The fourth-order valence-corrected chi connectivity index (χ4v) is 3.64. The number of sulfonamides is 1. The molecule has 108 valence electrons. The summed E-state index contributed by atoms with van der Waals surface area (Å²) in [5.74, 6) is -0.0418. The van der Waals surface area contributed by atoms with Crippen molar-refractivity contribution in [2.24, 2.45) is 0 Å². The average Bonchev–Trinajstić information content (AvgIpc) is 2.38. The van der Waals surface area contributed by atoms with Gasteiger partial charge in [0.1, 0.15) is 0 Å². The van der Waals surface area contributed by atoms with Gasteiger partial charge in [-0.15, -0.1) is 0 Å². The summed E-state index contributed by atoms with van der Waals surface area (Å²) in [6.07, 6.45) is 0. The summed E-state index contributed by atoms with van der Waals surface area (Å²) < 4.78 is 25.9. The Kier molecular flexibility index (Phi) is 5.12. The van der Waals surface area contributed by atoms with Crippen LogP contribution in [-0.4, -0.2) is 42.8 Å². The Morgan fingerprint density at radius 2 is 1.79 bits per heavy atom. The summed E-state index contributed by atoms with van der Waals surface area (Å²) in [6, 6.07) is 9.57. The largest absolute Gasteiger partial charge is 0.394 e. The van der Waals surface area contributed by atoms with Crippen molar-refractivity contribution < 1.29 is 13.5 Å². The number of aliphatic hydroxyl groups excluding tert-OH is 1.